The number of hydrogen-bond acceptors (Lipinski definition) is 13. The van der Waals surface area contributed by atoms with Crippen molar-refractivity contribution in [3.63, 3.8) is 0 Å². The highest BCUT2D eigenvalue weighted by atomic mass is 16.5. The van der Waals surface area contributed by atoms with Crippen LogP contribution < -0.4 is 16.1 Å². The highest BCUT2D eigenvalue weighted by Gasteiger charge is 2.48. The summed E-state index contributed by atoms with van der Waals surface area (Å²) in [5, 5.41) is 19.5. The van der Waals surface area contributed by atoms with Gasteiger partial charge < -0.3 is 29.4 Å². The molecule has 5 aromatic rings. The molecule has 0 radical (unpaired) electrons. The lowest BCUT2D eigenvalue weighted by molar-refractivity contribution is -0.155. The van der Waals surface area contributed by atoms with Crippen molar-refractivity contribution in [1.82, 2.24) is 40.5 Å². The molecule has 374 valence electrons. The van der Waals surface area contributed by atoms with E-state index < -0.39 is 71.2 Å². The van der Waals surface area contributed by atoms with E-state index in [1.54, 1.807) is 32.0 Å². The molecule has 0 spiro atoms. The number of amides is 3. The second-order valence-electron chi connectivity index (χ2n) is 20.1. The first kappa shape index (κ1) is 50.4. The Morgan fingerprint density at radius 1 is 1.01 bits per heavy atom. The summed E-state index contributed by atoms with van der Waals surface area (Å²) in [6, 6.07) is 12.1. The fraction of sp³-hybridized carbons (Fsp3) is 0.444. The molecule has 3 aliphatic heterocycles. The van der Waals surface area contributed by atoms with Crippen LogP contribution in [0.4, 0.5) is 0 Å². The van der Waals surface area contributed by atoms with Gasteiger partial charge in [0.1, 0.15) is 35.6 Å². The number of pyridine rings is 2. The fourth-order valence-corrected chi connectivity index (χ4v) is 10.2. The second kappa shape index (κ2) is 20.8. The van der Waals surface area contributed by atoms with Crippen LogP contribution in [0.25, 0.3) is 33.3 Å². The van der Waals surface area contributed by atoms with Crippen molar-refractivity contribution in [2.24, 2.45) is 11.3 Å². The molecule has 8 rings (SSSR count). The smallest absolute Gasteiger partial charge is 0.324 e. The highest BCUT2D eigenvalue weighted by Crippen LogP contribution is 2.41. The first-order chi connectivity index (χ1) is 33.9. The highest BCUT2D eigenvalue weighted by molar-refractivity contribution is 5.99. The molecule has 71 heavy (non-hydrogen) atoms. The van der Waals surface area contributed by atoms with E-state index >= 15 is 0 Å². The van der Waals surface area contributed by atoms with E-state index in [1.165, 1.54) is 36.3 Å². The van der Waals surface area contributed by atoms with Gasteiger partial charge in [-0.2, -0.15) is 0 Å². The average molecular weight is 969 g/mol. The summed E-state index contributed by atoms with van der Waals surface area (Å²) in [7, 11) is 2.75. The number of benzene rings is 2. The van der Waals surface area contributed by atoms with Gasteiger partial charge in [-0.3, -0.25) is 49.1 Å². The zero-order valence-corrected chi connectivity index (χ0v) is 41.7. The number of hydrogen-bond donors (Lipinski definition) is 4. The van der Waals surface area contributed by atoms with E-state index in [1.807, 2.05) is 24.5 Å². The molecule has 2 aromatic carbocycles. The predicted molar refractivity (Wildman–Crippen MR) is 266 cm³/mol. The predicted octanol–water partition coefficient (Wildman–Crippen LogP) is 5.12. The number of nitrogens with zero attached hydrogens (tertiary/aromatic N) is 5. The zero-order valence-electron chi connectivity index (χ0n) is 41.7. The van der Waals surface area contributed by atoms with E-state index in [9.17, 15) is 33.9 Å². The molecular formula is C54H64N8O9. The Morgan fingerprint density at radius 3 is 2.51 bits per heavy atom. The van der Waals surface area contributed by atoms with E-state index in [-0.39, 0.29) is 43.2 Å². The number of esters is 2. The number of ketones is 1. The standard InChI is InChI=1S/C54H64N8O9/c1-9-33-17-18-55-28-39(33)48-38-26-54(5,6)29-71-52(68)41-12-11-19-62(59-41)51(67)42(22-32-20-35(24-36(63)21-32)34-14-16-43(37(38)25-34)61(48)10-2)57-49(65)47(30(3)4)60(7)50(66)40-15-13-31(27-56-40)23-44(64)45-46(58-45)53(69)70-8/h13-18,20-21,24-25,27-28,30,41-42,45-47,58-59,63H,9-12,19,22-23,26,29H2,1-8H3,(H,57,65)/t41-,42-,45-,46-,47-/m0/s1. The van der Waals surface area contributed by atoms with Crippen LogP contribution in [0.15, 0.2) is 73.2 Å². The Bertz CT molecular complexity index is 2880. The number of phenolic OH excluding ortho intramolecular Hbond substituents is 1. The van der Waals surface area contributed by atoms with Gasteiger partial charge in [0.05, 0.1) is 25.5 Å². The number of ether oxygens (including phenoxy) is 2. The van der Waals surface area contributed by atoms with Crippen LogP contribution in [0.2, 0.25) is 0 Å². The molecule has 3 aliphatic rings. The van der Waals surface area contributed by atoms with Crippen molar-refractivity contribution in [1.29, 1.82) is 0 Å². The third kappa shape index (κ3) is 10.7. The number of hydrazine groups is 1. The molecule has 0 saturated carbocycles. The summed E-state index contributed by atoms with van der Waals surface area (Å²) in [5.41, 5.74) is 10.6. The molecule has 0 aliphatic carbocycles. The third-order valence-corrected chi connectivity index (χ3v) is 13.8. The van der Waals surface area contributed by atoms with Gasteiger partial charge in [0.15, 0.2) is 5.78 Å². The van der Waals surface area contributed by atoms with Crippen molar-refractivity contribution in [2.75, 3.05) is 27.3 Å². The van der Waals surface area contributed by atoms with E-state index in [0.717, 1.165) is 45.3 Å². The van der Waals surface area contributed by atoms with Gasteiger partial charge in [-0.05, 0) is 108 Å². The number of carbonyl (C=O) groups excluding carboxylic acids is 6. The van der Waals surface area contributed by atoms with Gasteiger partial charge in [-0.1, -0.05) is 52.8 Å². The topological polar surface area (TPSA) is 224 Å². The van der Waals surface area contributed by atoms with Crippen molar-refractivity contribution in [2.45, 2.75) is 117 Å². The minimum absolute atomic E-state index is 0.0155. The number of fused-ring (bicyclic) bond motifs is 6. The molecule has 6 bridgehead atoms. The number of aromatic nitrogens is 3. The van der Waals surface area contributed by atoms with Crippen LogP contribution in [-0.2, 0) is 65.7 Å². The number of phenols is 1. The Hall–Kier alpha value is -6.98. The van der Waals surface area contributed by atoms with Crippen LogP contribution in [0.1, 0.15) is 87.1 Å². The van der Waals surface area contributed by atoms with E-state index in [2.05, 4.69) is 76.5 Å². The lowest BCUT2D eigenvalue weighted by atomic mass is 9.84. The minimum Gasteiger partial charge on any atom is -0.508 e. The summed E-state index contributed by atoms with van der Waals surface area (Å²) in [6.07, 6.45) is 7.39. The Kier molecular flexibility index (Phi) is 14.7. The monoisotopic (exact) mass is 968 g/mol. The van der Waals surface area contributed by atoms with E-state index in [0.29, 0.717) is 42.5 Å². The van der Waals surface area contributed by atoms with Crippen LogP contribution >= 0.6 is 0 Å². The summed E-state index contributed by atoms with van der Waals surface area (Å²) in [6.45, 7) is 13.0. The van der Waals surface area contributed by atoms with Gasteiger partial charge in [-0.15, -0.1) is 0 Å². The molecule has 2 fully saturated rings. The largest absolute Gasteiger partial charge is 0.508 e. The zero-order chi connectivity index (χ0) is 50.9. The number of Topliss-reactive ketones (excluding diaryl/α,β-unsaturated/α-hetero) is 1. The lowest BCUT2D eigenvalue weighted by Gasteiger charge is -2.36. The Morgan fingerprint density at radius 2 is 1.80 bits per heavy atom. The molecule has 0 unspecified atom stereocenters. The van der Waals surface area contributed by atoms with Crippen molar-refractivity contribution in [3.05, 3.63) is 101 Å². The third-order valence-electron chi connectivity index (χ3n) is 13.8. The van der Waals surface area contributed by atoms with Crippen LogP contribution in [0.3, 0.4) is 0 Å². The minimum atomic E-state index is -1.21. The summed E-state index contributed by atoms with van der Waals surface area (Å²) in [4.78, 5) is 92.0. The first-order valence-electron chi connectivity index (χ1n) is 24.5. The molecular weight excluding hydrogens is 905 g/mol. The molecule has 6 heterocycles. The number of aromatic hydroxyl groups is 1. The molecule has 17 nitrogen and oxygen atoms in total. The van der Waals surface area contributed by atoms with Crippen molar-refractivity contribution >= 4 is 46.3 Å². The Balaban J connectivity index is 1.12. The molecule has 5 atom stereocenters. The number of methoxy groups -OCH3 is 1. The number of rotatable bonds is 12. The van der Waals surface area contributed by atoms with Crippen molar-refractivity contribution < 1.29 is 43.3 Å². The first-order valence-corrected chi connectivity index (χ1v) is 24.5. The van der Waals surface area contributed by atoms with Crippen LogP contribution in [0, 0.1) is 11.3 Å². The van der Waals surface area contributed by atoms with Gasteiger partial charge in [0, 0.05) is 73.5 Å². The summed E-state index contributed by atoms with van der Waals surface area (Å²) in [5.74, 6) is -3.34. The maximum Gasteiger partial charge on any atom is 0.324 e. The molecule has 3 amide bonds. The maximum absolute atomic E-state index is 14.8. The summed E-state index contributed by atoms with van der Waals surface area (Å²) >= 11 is 0. The Labute approximate surface area is 413 Å². The quantitative estimate of drug-likeness (QED) is 0.0943. The number of carbonyl (C=O) groups is 6. The van der Waals surface area contributed by atoms with Gasteiger partial charge >= 0.3 is 11.9 Å². The maximum atomic E-state index is 14.8. The molecule has 17 heteroatoms. The molecule has 3 aromatic heterocycles. The van der Waals surface area contributed by atoms with Crippen LogP contribution in [-0.4, -0.2) is 123 Å². The normalized spacial score (nSPS) is 20.4. The van der Waals surface area contributed by atoms with Gasteiger partial charge in [0.2, 0.25) is 5.91 Å². The number of aryl methyl sites for hydroxylation is 2. The number of cyclic esters (lactones) is 1. The second-order valence-corrected chi connectivity index (χ2v) is 20.1. The van der Waals surface area contributed by atoms with Gasteiger partial charge in [0.25, 0.3) is 11.8 Å². The number of nitrogens with one attached hydrogen (secondary N) is 3. The van der Waals surface area contributed by atoms with Gasteiger partial charge in [-0.25, -0.2) is 5.43 Å². The average Bonchev–Trinajstić information content (AvgIpc) is 4.11. The fourth-order valence-electron chi connectivity index (χ4n) is 10.2. The number of likely N-dealkylation sites (N-methyl/N-ethyl adjacent to an activating group) is 1. The SMILES string of the molecule is CCc1ccncc1-c1c2c3cc(ccc3n1CC)-c1cc(O)cc(c1)C[C@H](NC(=O)[C@H](C(C)C)N(C)C(=O)c1ccc(CC(=O)[C@@H]3N[C@@H]3C(=O)OC)cn1)C(=O)N1CCC[C@H](N1)C(=O)OCC(C)(C)C2. The van der Waals surface area contributed by atoms with Crippen LogP contribution in [0.5, 0.6) is 5.75 Å². The molecule has 2 saturated heterocycles. The van der Waals surface area contributed by atoms with Crippen molar-refractivity contribution in [3.8, 4) is 28.1 Å². The van der Waals surface area contributed by atoms with E-state index in [4.69, 9.17) is 9.47 Å². The lowest BCUT2D eigenvalue weighted by Crippen LogP contribution is -2.62. The summed E-state index contributed by atoms with van der Waals surface area (Å²) < 4.78 is 13.1. The molecule has 4 N–H and O–H groups in total.